The molecule has 0 saturated heterocycles. The Morgan fingerprint density at radius 1 is 0.360 bits per heavy atom. The Morgan fingerprint density at radius 3 is 1.24 bits per heavy atom. The van der Waals surface area contributed by atoms with Gasteiger partial charge in [0, 0.05) is 63.5 Å². The molecule has 0 unspecified atom stereocenters. The molecule has 0 aliphatic rings. The maximum absolute atomic E-state index is 6.34. The van der Waals surface area contributed by atoms with Crippen molar-refractivity contribution >= 4 is 55.2 Å². The minimum absolute atomic E-state index is 0.814. The Morgan fingerprint density at radius 2 is 0.780 bits per heavy atom. The van der Waals surface area contributed by atoms with Crippen LogP contribution in [0.15, 0.2) is 167 Å². The molecule has 0 aliphatic heterocycles. The van der Waals surface area contributed by atoms with E-state index in [1.54, 1.807) is 0 Å². The highest BCUT2D eigenvalue weighted by Crippen LogP contribution is 2.39. The molecule has 50 heavy (non-hydrogen) atoms. The average molecular weight is 643 g/mol. The number of imidazole rings is 2. The molecule has 0 amide bonds. The zero-order chi connectivity index (χ0) is 32.8. The van der Waals surface area contributed by atoms with Gasteiger partial charge in [-0.1, -0.05) is 72.8 Å². The molecule has 6 aromatic heterocycles. The molecule has 0 N–H and O–H groups in total. The summed E-state index contributed by atoms with van der Waals surface area (Å²) >= 11 is 0. The normalized spacial score (nSPS) is 12.0. The second-order valence-corrected chi connectivity index (χ2v) is 12.8. The van der Waals surface area contributed by atoms with Gasteiger partial charge in [0.05, 0.1) is 11.4 Å². The van der Waals surface area contributed by atoms with Crippen LogP contribution in [0.2, 0.25) is 0 Å². The third-order valence-electron chi connectivity index (χ3n) is 9.82. The zero-order valence-electron chi connectivity index (χ0n) is 26.6. The van der Waals surface area contributed by atoms with E-state index in [9.17, 15) is 0 Å². The number of furan rings is 2. The number of pyridine rings is 2. The molecule has 234 valence electrons. The summed E-state index contributed by atoms with van der Waals surface area (Å²) in [7, 11) is 0. The first-order chi connectivity index (χ1) is 24.7. The molecule has 6 nitrogen and oxygen atoms in total. The van der Waals surface area contributed by atoms with Gasteiger partial charge in [-0.3, -0.25) is 0 Å². The molecule has 11 aromatic rings. The summed E-state index contributed by atoms with van der Waals surface area (Å²) in [5.74, 6) is 0. The van der Waals surface area contributed by atoms with Crippen LogP contribution in [0.3, 0.4) is 0 Å². The van der Waals surface area contributed by atoms with E-state index in [0.29, 0.717) is 0 Å². The second kappa shape index (κ2) is 10.3. The van der Waals surface area contributed by atoms with Gasteiger partial charge in [-0.2, -0.15) is 0 Å². The number of fused-ring (bicyclic) bond motifs is 8. The third-order valence-corrected chi connectivity index (χ3v) is 9.82. The van der Waals surface area contributed by atoms with E-state index in [1.165, 1.54) is 0 Å². The minimum atomic E-state index is 0.814. The lowest BCUT2D eigenvalue weighted by Crippen LogP contribution is -1.81. The number of rotatable bonds is 4. The van der Waals surface area contributed by atoms with Crippen LogP contribution in [0, 0.1) is 0 Å². The first-order valence-corrected chi connectivity index (χ1v) is 16.6. The van der Waals surface area contributed by atoms with Gasteiger partial charge in [-0.05, 0) is 76.9 Å². The van der Waals surface area contributed by atoms with Gasteiger partial charge in [-0.15, -0.1) is 0 Å². The van der Waals surface area contributed by atoms with Crippen molar-refractivity contribution in [3.63, 3.8) is 0 Å². The Balaban J connectivity index is 0.954. The van der Waals surface area contributed by atoms with E-state index in [-0.39, 0.29) is 0 Å². The highest BCUT2D eigenvalue weighted by molar-refractivity contribution is 6.16. The first kappa shape index (κ1) is 27.1. The number of aromatic nitrogens is 4. The van der Waals surface area contributed by atoms with Crippen LogP contribution in [0.1, 0.15) is 0 Å². The SMILES string of the molecule is c1ccn2cc(-c3ccc(-c4ccc5oc6cc7oc8ccc(-c9ccc(-c%10cn%11ccccc%11n%10)cc9)cc8c7cc6c5c4)cc3)nc2c1. The predicted octanol–water partition coefficient (Wildman–Crippen LogP) is 11.4. The number of nitrogens with zero attached hydrogens (tertiary/aromatic N) is 4. The molecule has 0 spiro atoms. The Kier molecular flexibility index (Phi) is 5.57. The fourth-order valence-electron chi connectivity index (χ4n) is 7.22. The largest absolute Gasteiger partial charge is 0.456 e. The van der Waals surface area contributed by atoms with Crippen molar-refractivity contribution in [2.45, 2.75) is 0 Å². The van der Waals surface area contributed by atoms with Crippen LogP contribution in [-0.2, 0) is 0 Å². The van der Waals surface area contributed by atoms with Crippen molar-refractivity contribution in [1.82, 2.24) is 18.8 Å². The Bertz CT molecular complexity index is 2810. The van der Waals surface area contributed by atoms with Crippen LogP contribution in [0.4, 0.5) is 0 Å². The van der Waals surface area contributed by atoms with E-state index in [4.69, 9.17) is 18.8 Å². The molecule has 0 aliphatic carbocycles. The van der Waals surface area contributed by atoms with Gasteiger partial charge in [-0.25, -0.2) is 9.97 Å². The molecule has 6 heterocycles. The van der Waals surface area contributed by atoms with Crippen molar-refractivity contribution < 1.29 is 8.83 Å². The highest BCUT2D eigenvalue weighted by Gasteiger charge is 2.16. The van der Waals surface area contributed by atoms with E-state index in [1.807, 2.05) is 63.7 Å². The summed E-state index contributed by atoms with van der Waals surface area (Å²) in [6.45, 7) is 0. The third kappa shape index (κ3) is 4.22. The average Bonchev–Trinajstić information content (AvgIpc) is 3.96. The van der Waals surface area contributed by atoms with Crippen LogP contribution < -0.4 is 0 Å². The quantitative estimate of drug-likeness (QED) is 0.192. The van der Waals surface area contributed by atoms with Crippen molar-refractivity contribution in [3.05, 3.63) is 158 Å². The van der Waals surface area contributed by atoms with Gasteiger partial charge >= 0.3 is 0 Å². The number of benzene rings is 5. The number of hydrogen-bond acceptors (Lipinski definition) is 4. The summed E-state index contributed by atoms with van der Waals surface area (Å²) in [6.07, 6.45) is 8.18. The van der Waals surface area contributed by atoms with E-state index in [0.717, 1.165) is 99.9 Å². The highest BCUT2D eigenvalue weighted by atomic mass is 16.3. The molecular weight excluding hydrogens is 617 g/mol. The lowest BCUT2D eigenvalue weighted by Gasteiger charge is -2.04. The lowest BCUT2D eigenvalue weighted by atomic mass is 9.99. The minimum Gasteiger partial charge on any atom is -0.456 e. The summed E-state index contributed by atoms with van der Waals surface area (Å²) in [6, 6.07) is 46.4. The first-order valence-electron chi connectivity index (χ1n) is 16.6. The van der Waals surface area contributed by atoms with Crippen LogP contribution in [0.25, 0.3) is 99.9 Å². The molecule has 6 heteroatoms. The van der Waals surface area contributed by atoms with Crippen LogP contribution in [-0.4, -0.2) is 18.8 Å². The lowest BCUT2D eigenvalue weighted by molar-refractivity contribution is 0.656. The van der Waals surface area contributed by atoms with Crippen molar-refractivity contribution in [3.8, 4) is 44.8 Å². The monoisotopic (exact) mass is 642 g/mol. The Hall–Kier alpha value is -6.92. The Labute approximate surface area is 285 Å². The molecule has 5 aromatic carbocycles. The molecule has 11 rings (SSSR count). The van der Waals surface area contributed by atoms with Crippen LogP contribution >= 0.6 is 0 Å². The van der Waals surface area contributed by atoms with E-state index < -0.39 is 0 Å². The maximum Gasteiger partial charge on any atom is 0.139 e. The maximum atomic E-state index is 6.34. The van der Waals surface area contributed by atoms with Crippen molar-refractivity contribution in [1.29, 1.82) is 0 Å². The van der Waals surface area contributed by atoms with Crippen molar-refractivity contribution in [2.24, 2.45) is 0 Å². The fraction of sp³-hybridized carbons (Fsp3) is 0. The predicted molar refractivity (Wildman–Crippen MR) is 200 cm³/mol. The zero-order valence-corrected chi connectivity index (χ0v) is 26.6. The molecule has 0 atom stereocenters. The number of hydrogen-bond donors (Lipinski definition) is 0. The molecule has 0 fully saturated rings. The van der Waals surface area contributed by atoms with E-state index >= 15 is 0 Å². The molecular formula is C44H26N4O2. The molecule has 0 bridgehead atoms. The van der Waals surface area contributed by atoms with E-state index in [2.05, 4.69) is 103 Å². The topological polar surface area (TPSA) is 60.9 Å². The smallest absolute Gasteiger partial charge is 0.139 e. The van der Waals surface area contributed by atoms with Gasteiger partial charge in [0.15, 0.2) is 0 Å². The van der Waals surface area contributed by atoms with Gasteiger partial charge < -0.3 is 17.6 Å². The standard InChI is InChI=1S/C44H26N4O2/c1-3-19-47-25-37(45-43(47)5-1)29-11-7-27(8-12-29)31-15-17-39-33(21-31)35-23-36-34-22-32(16-18-40(34)50-42(36)24-41(35)49-39)28-9-13-30(14-10-28)38-26-48-20-4-2-6-44(48)46-38/h1-26H. The second-order valence-electron chi connectivity index (χ2n) is 12.8. The van der Waals surface area contributed by atoms with Gasteiger partial charge in [0.25, 0.3) is 0 Å². The van der Waals surface area contributed by atoms with Gasteiger partial charge in [0.2, 0.25) is 0 Å². The summed E-state index contributed by atoms with van der Waals surface area (Å²) in [4.78, 5) is 9.56. The summed E-state index contributed by atoms with van der Waals surface area (Å²) in [5.41, 5.74) is 13.8. The fourth-order valence-corrected chi connectivity index (χ4v) is 7.22. The van der Waals surface area contributed by atoms with Gasteiger partial charge in [0.1, 0.15) is 33.6 Å². The summed E-state index contributed by atoms with van der Waals surface area (Å²) < 4.78 is 16.8. The molecule has 0 saturated carbocycles. The van der Waals surface area contributed by atoms with Crippen LogP contribution in [0.5, 0.6) is 0 Å². The molecule has 0 radical (unpaired) electrons. The summed E-state index contributed by atoms with van der Waals surface area (Å²) in [5, 5.41) is 4.30. The van der Waals surface area contributed by atoms with Crippen molar-refractivity contribution in [2.75, 3.05) is 0 Å².